The fourth-order valence-corrected chi connectivity index (χ4v) is 2.24. The number of unbranched alkanes of at least 4 members (excludes halogenated alkanes) is 1. The molecule has 0 aliphatic rings. The first-order valence-corrected chi connectivity index (χ1v) is 8.63. The molecule has 0 saturated heterocycles. The lowest BCUT2D eigenvalue weighted by Gasteiger charge is -2.17. The van der Waals surface area contributed by atoms with Crippen LogP contribution in [0, 0.1) is 0 Å². The number of nitrogens with zero attached hydrogens (tertiary/aromatic N) is 1. The average Bonchev–Trinajstić information content (AvgIpc) is 2.57. The molecule has 0 spiro atoms. The zero-order valence-electron chi connectivity index (χ0n) is 14.0. The van der Waals surface area contributed by atoms with Crippen molar-refractivity contribution in [3.05, 3.63) is 23.8 Å². The molecule has 0 unspecified atom stereocenters. The van der Waals surface area contributed by atoms with Crippen molar-refractivity contribution in [2.24, 2.45) is 0 Å². The van der Waals surface area contributed by atoms with Crippen molar-refractivity contribution >= 4 is 23.3 Å². The third kappa shape index (κ3) is 7.10. The first kappa shape index (κ1) is 19.6. The molecular weight excluding hydrogens is 316 g/mol. The molecule has 0 aliphatic heterocycles. The summed E-state index contributed by atoms with van der Waals surface area (Å²) in [6.07, 6.45) is 1.73. The van der Waals surface area contributed by atoms with Gasteiger partial charge in [-0.1, -0.05) is 13.8 Å². The number of nitrogens with two attached hydrogens (primary N) is 1. The fourth-order valence-electron chi connectivity index (χ4n) is 2.06. The Morgan fingerprint density at radius 3 is 2.61 bits per heavy atom. The molecule has 23 heavy (non-hydrogen) atoms. The summed E-state index contributed by atoms with van der Waals surface area (Å²) in [6, 6.07) is 4.95. The normalized spacial score (nSPS) is 10.8. The maximum absolute atomic E-state index is 12.1. The van der Waals surface area contributed by atoms with E-state index in [4.69, 9.17) is 26.8 Å². The van der Waals surface area contributed by atoms with Crippen molar-refractivity contribution in [2.45, 2.75) is 26.7 Å². The molecule has 1 rings (SSSR count). The van der Waals surface area contributed by atoms with E-state index >= 15 is 0 Å². The lowest BCUT2D eigenvalue weighted by molar-refractivity contribution is 0.0466. The number of alkyl halides is 1. The molecule has 0 bridgehead atoms. The summed E-state index contributed by atoms with van der Waals surface area (Å²) in [7, 11) is 0. The van der Waals surface area contributed by atoms with Gasteiger partial charge in [-0.15, -0.1) is 11.6 Å². The summed E-state index contributed by atoms with van der Waals surface area (Å²) in [4.78, 5) is 14.3. The van der Waals surface area contributed by atoms with Crippen LogP contribution >= 0.6 is 11.6 Å². The maximum Gasteiger partial charge on any atom is 0.338 e. The van der Waals surface area contributed by atoms with Crippen LogP contribution in [-0.4, -0.2) is 49.6 Å². The minimum atomic E-state index is -0.359. The number of benzene rings is 1. The maximum atomic E-state index is 12.1. The second-order valence-corrected chi connectivity index (χ2v) is 5.54. The van der Waals surface area contributed by atoms with E-state index < -0.39 is 0 Å². The number of esters is 1. The zero-order chi connectivity index (χ0) is 17.1. The van der Waals surface area contributed by atoms with Gasteiger partial charge in [0.05, 0.1) is 17.9 Å². The summed E-state index contributed by atoms with van der Waals surface area (Å²) in [6.45, 7) is 7.67. The van der Waals surface area contributed by atoms with Gasteiger partial charge in [-0.05, 0) is 44.1 Å². The summed E-state index contributed by atoms with van der Waals surface area (Å²) in [5, 5.41) is 0. The van der Waals surface area contributed by atoms with Crippen molar-refractivity contribution in [1.82, 2.24) is 4.90 Å². The van der Waals surface area contributed by atoms with Crippen LogP contribution in [0.25, 0.3) is 0 Å². The molecule has 0 atom stereocenters. The molecule has 0 fully saturated rings. The Bertz CT molecular complexity index is 479. The average molecular weight is 343 g/mol. The Morgan fingerprint density at radius 2 is 1.96 bits per heavy atom. The van der Waals surface area contributed by atoms with Crippen LogP contribution in [0.5, 0.6) is 5.75 Å². The molecule has 1 aromatic rings. The lowest BCUT2D eigenvalue weighted by atomic mass is 10.2. The number of carbonyl (C=O) groups is 1. The van der Waals surface area contributed by atoms with E-state index in [1.165, 1.54) is 0 Å². The highest BCUT2D eigenvalue weighted by atomic mass is 35.5. The fraction of sp³-hybridized carbons (Fsp3) is 0.588. The smallest absolute Gasteiger partial charge is 0.338 e. The van der Waals surface area contributed by atoms with Crippen LogP contribution in [-0.2, 0) is 4.74 Å². The largest absolute Gasteiger partial charge is 0.491 e. The Hall–Kier alpha value is -1.46. The molecular formula is C17H27ClN2O3. The van der Waals surface area contributed by atoms with E-state index in [1.54, 1.807) is 18.2 Å². The molecule has 0 aromatic heterocycles. The van der Waals surface area contributed by atoms with E-state index in [0.717, 1.165) is 32.5 Å². The van der Waals surface area contributed by atoms with Crippen LogP contribution in [0.15, 0.2) is 18.2 Å². The zero-order valence-corrected chi connectivity index (χ0v) is 14.8. The van der Waals surface area contributed by atoms with Gasteiger partial charge in [-0.2, -0.15) is 0 Å². The summed E-state index contributed by atoms with van der Waals surface area (Å²) in [5.41, 5.74) is 6.83. The predicted molar refractivity (Wildman–Crippen MR) is 94.4 cm³/mol. The van der Waals surface area contributed by atoms with Gasteiger partial charge in [0.2, 0.25) is 0 Å². The monoisotopic (exact) mass is 342 g/mol. The topological polar surface area (TPSA) is 64.8 Å². The van der Waals surface area contributed by atoms with Crippen molar-refractivity contribution in [3.63, 3.8) is 0 Å². The van der Waals surface area contributed by atoms with Gasteiger partial charge in [0.15, 0.2) is 0 Å². The number of hydrogen-bond donors (Lipinski definition) is 1. The Labute approximate surface area is 143 Å². The highest BCUT2D eigenvalue weighted by molar-refractivity contribution is 6.17. The van der Waals surface area contributed by atoms with Crippen molar-refractivity contribution < 1.29 is 14.3 Å². The highest BCUT2D eigenvalue weighted by Crippen LogP contribution is 2.23. The molecule has 2 N–H and O–H groups in total. The van der Waals surface area contributed by atoms with Gasteiger partial charge >= 0.3 is 5.97 Å². The molecule has 6 heteroatoms. The summed E-state index contributed by atoms with van der Waals surface area (Å²) < 4.78 is 10.9. The number of rotatable bonds is 11. The molecule has 0 heterocycles. The van der Waals surface area contributed by atoms with E-state index in [1.807, 2.05) is 0 Å². The van der Waals surface area contributed by atoms with Crippen molar-refractivity contribution in [3.8, 4) is 5.75 Å². The predicted octanol–water partition coefficient (Wildman–Crippen LogP) is 3.17. The molecule has 5 nitrogen and oxygen atoms in total. The van der Waals surface area contributed by atoms with E-state index in [2.05, 4.69) is 18.7 Å². The van der Waals surface area contributed by atoms with Crippen LogP contribution in [0.3, 0.4) is 0 Å². The van der Waals surface area contributed by atoms with Gasteiger partial charge < -0.3 is 20.1 Å². The molecule has 0 saturated carbocycles. The van der Waals surface area contributed by atoms with E-state index in [-0.39, 0.29) is 5.97 Å². The number of anilines is 1. The van der Waals surface area contributed by atoms with Gasteiger partial charge in [-0.3, -0.25) is 0 Å². The molecule has 0 amide bonds. The number of nitrogen functional groups attached to an aromatic ring is 1. The molecule has 0 aliphatic carbocycles. The number of ether oxygens (including phenoxy) is 2. The number of carbonyl (C=O) groups excluding carboxylic acids is 1. The van der Waals surface area contributed by atoms with Crippen LogP contribution in [0.4, 0.5) is 5.69 Å². The lowest BCUT2D eigenvalue weighted by Crippen LogP contribution is -2.27. The van der Waals surface area contributed by atoms with Gasteiger partial charge in [0.1, 0.15) is 12.4 Å². The number of likely N-dealkylation sites (N-methyl/N-ethyl adjacent to an activating group) is 1. The molecule has 130 valence electrons. The Kier molecular flexibility index (Phi) is 9.48. The Balaban J connectivity index is 2.53. The first-order chi connectivity index (χ1) is 11.1. The van der Waals surface area contributed by atoms with Crippen LogP contribution in [0.1, 0.15) is 37.0 Å². The Morgan fingerprint density at radius 1 is 1.22 bits per heavy atom. The third-order valence-corrected chi connectivity index (χ3v) is 3.84. The third-order valence-electron chi connectivity index (χ3n) is 3.57. The number of halogens is 1. The first-order valence-electron chi connectivity index (χ1n) is 8.10. The molecule has 0 radical (unpaired) electrons. The quantitative estimate of drug-likeness (QED) is 0.289. The van der Waals surface area contributed by atoms with E-state index in [0.29, 0.717) is 36.1 Å². The molecule has 1 aromatic carbocycles. The highest BCUT2D eigenvalue weighted by Gasteiger charge is 2.11. The van der Waals surface area contributed by atoms with Crippen molar-refractivity contribution in [1.29, 1.82) is 0 Å². The van der Waals surface area contributed by atoms with Crippen LogP contribution < -0.4 is 10.5 Å². The minimum Gasteiger partial charge on any atom is -0.491 e. The van der Waals surface area contributed by atoms with Crippen molar-refractivity contribution in [2.75, 3.05) is 44.5 Å². The standard InChI is InChI=1S/C17H27ClN2O3/c1-3-20(4-2)10-12-23-17(21)14-7-8-15(19)16(13-14)22-11-6-5-9-18/h7-8,13H,3-6,9-12,19H2,1-2H3. The second kappa shape index (κ2) is 11.1. The van der Waals surface area contributed by atoms with Gasteiger partial charge in [0, 0.05) is 12.4 Å². The summed E-state index contributed by atoms with van der Waals surface area (Å²) >= 11 is 5.63. The van der Waals surface area contributed by atoms with E-state index in [9.17, 15) is 4.79 Å². The van der Waals surface area contributed by atoms with Gasteiger partial charge in [-0.25, -0.2) is 4.79 Å². The minimum absolute atomic E-state index is 0.359. The SMILES string of the molecule is CCN(CC)CCOC(=O)c1ccc(N)c(OCCCCCl)c1. The summed E-state index contributed by atoms with van der Waals surface area (Å²) in [5.74, 6) is 0.762. The van der Waals surface area contributed by atoms with Crippen LogP contribution in [0.2, 0.25) is 0 Å². The van der Waals surface area contributed by atoms with Gasteiger partial charge in [0.25, 0.3) is 0 Å². The second-order valence-electron chi connectivity index (χ2n) is 5.16. The number of hydrogen-bond acceptors (Lipinski definition) is 5.